The van der Waals surface area contributed by atoms with Crippen molar-refractivity contribution in [2.75, 3.05) is 5.32 Å². The van der Waals surface area contributed by atoms with E-state index in [0.717, 1.165) is 35.8 Å². The molecule has 4 rings (SSSR count). The van der Waals surface area contributed by atoms with Crippen LogP contribution in [-0.4, -0.2) is 30.8 Å². The fourth-order valence-electron chi connectivity index (χ4n) is 4.15. The number of fused-ring (bicyclic) bond motifs is 1. The molecular formula is C21H25N7O2. The third kappa shape index (κ3) is 3.29. The molecule has 0 aliphatic heterocycles. The van der Waals surface area contributed by atoms with Crippen LogP contribution in [0.25, 0.3) is 11.2 Å². The topological polar surface area (TPSA) is 124 Å². The normalized spacial score (nSPS) is 19.0. The quantitative estimate of drug-likeness (QED) is 0.666. The molecule has 2 unspecified atom stereocenters. The zero-order valence-electron chi connectivity index (χ0n) is 17.1. The van der Waals surface area contributed by atoms with Gasteiger partial charge in [-0.3, -0.25) is 18.5 Å². The zero-order chi connectivity index (χ0) is 21.4. The highest BCUT2D eigenvalue weighted by Gasteiger charge is 2.26. The Hall–Kier alpha value is -3.38. The van der Waals surface area contributed by atoms with Crippen LogP contribution in [0.15, 0.2) is 33.9 Å². The smallest absolute Gasteiger partial charge is 0.332 e. The lowest BCUT2D eigenvalue weighted by atomic mass is 9.91. The maximum atomic E-state index is 13.0. The van der Waals surface area contributed by atoms with Gasteiger partial charge in [-0.2, -0.15) is 10.2 Å². The number of nitrogens with zero attached hydrogens (tertiary/aromatic N) is 5. The van der Waals surface area contributed by atoms with E-state index in [1.165, 1.54) is 11.6 Å². The Morgan fingerprint density at radius 2 is 1.93 bits per heavy atom. The van der Waals surface area contributed by atoms with Crippen LogP contribution >= 0.6 is 0 Å². The molecule has 0 saturated heterocycles. The van der Waals surface area contributed by atoms with Gasteiger partial charge in [0.1, 0.15) is 0 Å². The second kappa shape index (κ2) is 7.80. The van der Waals surface area contributed by atoms with Crippen molar-refractivity contribution in [3.8, 4) is 6.07 Å². The standard InChI is InChI=1S/C21H25N7O2/c1-26-18-17(19(29)27(2)21(26)30)28(12-14-8-4-3-7-13(14)11-22)20(25-18)24-16-10-6-5-9-15(16)23/h3-4,7-8,15-16H,5-6,9-10,12,23H2,1-2H3,(H,24,25). The third-order valence-electron chi connectivity index (χ3n) is 5.95. The van der Waals surface area contributed by atoms with Crippen LogP contribution in [0.4, 0.5) is 5.95 Å². The van der Waals surface area contributed by atoms with Gasteiger partial charge in [0.15, 0.2) is 11.2 Å². The van der Waals surface area contributed by atoms with E-state index in [1.54, 1.807) is 23.7 Å². The molecular weight excluding hydrogens is 382 g/mol. The number of aromatic nitrogens is 4. The van der Waals surface area contributed by atoms with Crippen LogP contribution in [0.5, 0.6) is 0 Å². The SMILES string of the molecule is Cn1c(=O)c2c(nc(NC3CCCCC3N)n2Cc2ccccc2C#N)n(C)c1=O. The lowest BCUT2D eigenvalue weighted by Crippen LogP contribution is -2.43. The summed E-state index contributed by atoms with van der Waals surface area (Å²) in [5.74, 6) is 0.485. The summed E-state index contributed by atoms with van der Waals surface area (Å²) >= 11 is 0. The number of nitrogens with one attached hydrogen (secondary N) is 1. The molecule has 0 radical (unpaired) electrons. The number of nitriles is 1. The molecule has 1 aliphatic carbocycles. The highest BCUT2D eigenvalue weighted by Crippen LogP contribution is 2.24. The van der Waals surface area contributed by atoms with Gasteiger partial charge < -0.3 is 11.1 Å². The molecule has 1 aliphatic rings. The Morgan fingerprint density at radius 3 is 2.67 bits per heavy atom. The molecule has 1 aromatic carbocycles. The van der Waals surface area contributed by atoms with Crippen molar-refractivity contribution in [2.45, 2.75) is 44.3 Å². The van der Waals surface area contributed by atoms with E-state index >= 15 is 0 Å². The average Bonchev–Trinajstić information content (AvgIpc) is 3.11. The summed E-state index contributed by atoms with van der Waals surface area (Å²) in [4.78, 5) is 30.0. The summed E-state index contributed by atoms with van der Waals surface area (Å²) in [7, 11) is 3.05. The van der Waals surface area contributed by atoms with Crippen LogP contribution in [0.3, 0.4) is 0 Å². The largest absolute Gasteiger partial charge is 0.351 e. The van der Waals surface area contributed by atoms with Gasteiger partial charge in [0.2, 0.25) is 5.95 Å². The second-order valence-electron chi connectivity index (χ2n) is 7.87. The number of hydrogen-bond donors (Lipinski definition) is 2. The molecule has 1 fully saturated rings. The molecule has 0 amide bonds. The summed E-state index contributed by atoms with van der Waals surface area (Å²) in [6.07, 6.45) is 4.01. The minimum absolute atomic E-state index is 0.00920. The van der Waals surface area contributed by atoms with Crippen LogP contribution < -0.4 is 22.3 Å². The molecule has 30 heavy (non-hydrogen) atoms. The van der Waals surface area contributed by atoms with Gasteiger partial charge in [0.25, 0.3) is 5.56 Å². The first-order chi connectivity index (χ1) is 14.4. The molecule has 3 N–H and O–H groups in total. The van der Waals surface area contributed by atoms with Crippen molar-refractivity contribution in [1.82, 2.24) is 18.7 Å². The van der Waals surface area contributed by atoms with Gasteiger partial charge in [-0.15, -0.1) is 0 Å². The van der Waals surface area contributed by atoms with E-state index < -0.39 is 11.2 Å². The Bertz CT molecular complexity index is 1260. The monoisotopic (exact) mass is 407 g/mol. The van der Waals surface area contributed by atoms with Crippen molar-refractivity contribution >= 4 is 17.1 Å². The number of aryl methyl sites for hydroxylation is 1. The Kier molecular flexibility index (Phi) is 5.18. The highest BCUT2D eigenvalue weighted by atomic mass is 16.2. The zero-order valence-corrected chi connectivity index (χ0v) is 17.1. The lowest BCUT2D eigenvalue weighted by Gasteiger charge is -2.29. The molecule has 9 heteroatoms. The molecule has 3 aromatic rings. The summed E-state index contributed by atoms with van der Waals surface area (Å²) in [6.45, 7) is 0.276. The van der Waals surface area contributed by atoms with E-state index in [0.29, 0.717) is 22.7 Å². The Morgan fingerprint density at radius 1 is 1.20 bits per heavy atom. The number of anilines is 1. The first kappa shape index (κ1) is 19.9. The van der Waals surface area contributed by atoms with Gasteiger partial charge in [0, 0.05) is 26.2 Å². The predicted octanol–water partition coefficient (Wildman–Crippen LogP) is 1.04. The fourth-order valence-corrected chi connectivity index (χ4v) is 4.15. The van der Waals surface area contributed by atoms with Gasteiger partial charge in [0.05, 0.1) is 18.2 Å². The van der Waals surface area contributed by atoms with Crippen LogP contribution in [0.2, 0.25) is 0 Å². The van der Waals surface area contributed by atoms with Crippen molar-refractivity contribution in [3.05, 3.63) is 56.2 Å². The molecule has 1 saturated carbocycles. The molecule has 2 atom stereocenters. The number of rotatable bonds is 4. The summed E-state index contributed by atoms with van der Waals surface area (Å²) in [5, 5.41) is 12.9. The van der Waals surface area contributed by atoms with Gasteiger partial charge >= 0.3 is 5.69 Å². The Balaban J connectivity index is 1.91. The summed E-state index contributed by atoms with van der Waals surface area (Å²) in [6, 6.07) is 9.47. The van der Waals surface area contributed by atoms with Crippen molar-refractivity contribution < 1.29 is 0 Å². The minimum atomic E-state index is -0.435. The van der Waals surface area contributed by atoms with E-state index in [2.05, 4.69) is 16.4 Å². The predicted molar refractivity (Wildman–Crippen MR) is 114 cm³/mol. The second-order valence-corrected chi connectivity index (χ2v) is 7.87. The molecule has 2 heterocycles. The maximum absolute atomic E-state index is 13.0. The molecule has 9 nitrogen and oxygen atoms in total. The Labute approximate surface area is 173 Å². The first-order valence-corrected chi connectivity index (χ1v) is 10.1. The summed E-state index contributed by atoms with van der Waals surface area (Å²) in [5.41, 5.74) is 7.39. The van der Waals surface area contributed by atoms with E-state index in [9.17, 15) is 14.9 Å². The number of benzene rings is 1. The van der Waals surface area contributed by atoms with Crippen molar-refractivity contribution in [2.24, 2.45) is 19.8 Å². The minimum Gasteiger partial charge on any atom is -0.351 e. The van der Waals surface area contributed by atoms with E-state index in [1.807, 2.05) is 12.1 Å². The fraction of sp³-hybridized carbons (Fsp3) is 0.429. The van der Waals surface area contributed by atoms with Crippen LogP contribution in [0, 0.1) is 11.3 Å². The van der Waals surface area contributed by atoms with Gasteiger partial charge in [-0.1, -0.05) is 31.0 Å². The molecule has 2 aromatic heterocycles. The van der Waals surface area contributed by atoms with Gasteiger partial charge in [-0.25, -0.2) is 4.79 Å². The first-order valence-electron chi connectivity index (χ1n) is 10.1. The number of nitrogens with two attached hydrogens (primary N) is 1. The molecule has 156 valence electrons. The van der Waals surface area contributed by atoms with Crippen LogP contribution in [-0.2, 0) is 20.6 Å². The lowest BCUT2D eigenvalue weighted by molar-refractivity contribution is 0.401. The number of imidazole rings is 1. The van der Waals surface area contributed by atoms with E-state index in [4.69, 9.17) is 5.73 Å². The number of hydrogen-bond acceptors (Lipinski definition) is 6. The van der Waals surface area contributed by atoms with Gasteiger partial charge in [-0.05, 0) is 24.5 Å². The molecule has 0 spiro atoms. The average molecular weight is 407 g/mol. The van der Waals surface area contributed by atoms with E-state index in [-0.39, 0.29) is 18.6 Å². The van der Waals surface area contributed by atoms with Crippen molar-refractivity contribution in [3.63, 3.8) is 0 Å². The highest BCUT2D eigenvalue weighted by molar-refractivity contribution is 5.74. The molecule has 0 bridgehead atoms. The third-order valence-corrected chi connectivity index (χ3v) is 5.95. The summed E-state index contributed by atoms with van der Waals surface area (Å²) < 4.78 is 4.21. The van der Waals surface area contributed by atoms with Crippen molar-refractivity contribution in [1.29, 1.82) is 5.26 Å². The van der Waals surface area contributed by atoms with Crippen LogP contribution in [0.1, 0.15) is 36.8 Å². The maximum Gasteiger partial charge on any atom is 0.332 e.